The maximum atomic E-state index is 9.66. The number of carbonyl (C=O) groups is 3. The molecule has 0 spiro atoms. The van der Waals surface area contributed by atoms with Crippen LogP contribution in [0.1, 0.15) is 6.42 Å². The Kier molecular flexibility index (Phi) is 15.6. The molecule has 0 radical (unpaired) electrons. The summed E-state index contributed by atoms with van der Waals surface area (Å²) in [7, 11) is 0. The van der Waals surface area contributed by atoms with Gasteiger partial charge in [0.2, 0.25) is 0 Å². The van der Waals surface area contributed by atoms with Gasteiger partial charge in [-0.15, -0.1) is 0 Å². The van der Waals surface area contributed by atoms with Crippen molar-refractivity contribution in [3.63, 3.8) is 0 Å². The Balaban J connectivity index is -0.000000208. The first-order chi connectivity index (χ1) is 6.31. The van der Waals surface area contributed by atoms with Crippen LogP contribution in [-0.4, -0.2) is 78.5 Å². The average molecular weight is 247 g/mol. The molecule has 0 aromatic heterocycles. The first-order valence-corrected chi connectivity index (χ1v) is 3.31. The summed E-state index contributed by atoms with van der Waals surface area (Å²) in [5.74, 6) is -4.35. The summed E-state index contributed by atoms with van der Waals surface area (Å²) in [4.78, 5) is 28.4. The third kappa shape index (κ3) is 19.8. The van der Waals surface area contributed by atoms with E-state index < -0.39 is 30.4 Å². The largest absolute Gasteiger partial charge is 2.00 e. The second kappa shape index (κ2) is 11.7. The first kappa shape index (κ1) is 20.1. The average Bonchev–Trinajstić information content (AvgIpc) is 2.04. The van der Waals surface area contributed by atoms with E-state index in [2.05, 4.69) is 5.73 Å². The smallest absolute Gasteiger partial charge is 0.549 e. The second-order valence-electron chi connectivity index (χ2n) is 2.01. The van der Waals surface area contributed by atoms with E-state index in [1.165, 1.54) is 0 Å². The molecule has 8 nitrogen and oxygen atoms in total. The number of hydrogen-bond acceptors (Lipinski definition) is 7. The van der Waals surface area contributed by atoms with Crippen LogP contribution in [0.4, 0.5) is 0 Å². The molecule has 1 unspecified atom stereocenters. The maximum absolute atomic E-state index is 9.66. The fraction of sp³-hybridized carbons (Fsp3) is 0.500. The molecule has 0 aromatic carbocycles. The summed E-state index contributed by atoms with van der Waals surface area (Å²) >= 11 is 0. The van der Waals surface area contributed by atoms with E-state index in [-0.39, 0.29) is 44.3 Å². The van der Waals surface area contributed by atoms with Gasteiger partial charge in [0.1, 0.15) is 6.10 Å². The Morgan fingerprint density at radius 2 is 1.60 bits per heavy atom. The first-order valence-electron chi connectivity index (χ1n) is 3.31. The van der Waals surface area contributed by atoms with Crippen LogP contribution in [0.25, 0.3) is 0 Å². The van der Waals surface area contributed by atoms with Crippen LogP contribution in [0.3, 0.4) is 0 Å². The normalized spacial score (nSPS) is 10.0. The van der Waals surface area contributed by atoms with Gasteiger partial charge in [-0.3, -0.25) is 4.79 Å². The van der Waals surface area contributed by atoms with Crippen LogP contribution in [0.15, 0.2) is 0 Å². The van der Waals surface area contributed by atoms with Crippen LogP contribution in [0, 0.1) is 0 Å². The molecule has 0 amide bonds. The van der Waals surface area contributed by atoms with Crippen LogP contribution in [0.5, 0.6) is 0 Å². The Labute approximate surface area is 115 Å². The zero-order valence-corrected chi connectivity index (χ0v) is 9.92. The molecule has 0 rings (SSSR count). The molecule has 0 aliphatic heterocycles. The fourth-order valence-electron chi connectivity index (χ4n) is 0.249. The van der Waals surface area contributed by atoms with Crippen molar-refractivity contribution in [2.45, 2.75) is 12.5 Å². The van der Waals surface area contributed by atoms with Gasteiger partial charge in [-0.1, -0.05) is 0 Å². The number of carboxylic acid groups (broad SMARTS) is 3. The Bertz CT molecular complexity index is 220. The van der Waals surface area contributed by atoms with Crippen molar-refractivity contribution in [2.24, 2.45) is 5.73 Å². The number of hydrogen-bond donors (Lipinski definition) is 3. The number of carbonyl (C=O) groups excluding carboxylic acids is 2. The van der Waals surface area contributed by atoms with Crippen molar-refractivity contribution < 1.29 is 34.8 Å². The number of rotatable bonds is 4. The zero-order valence-electron chi connectivity index (χ0n) is 7.71. The zero-order chi connectivity index (χ0) is 11.7. The predicted molar refractivity (Wildman–Crippen MR) is 43.1 cm³/mol. The third-order valence-electron chi connectivity index (χ3n) is 0.807. The van der Waals surface area contributed by atoms with Gasteiger partial charge in [0, 0.05) is 6.54 Å². The Morgan fingerprint density at radius 1 is 1.27 bits per heavy atom. The molecule has 9 heteroatoms. The molecule has 4 N–H and O–H groups in total. The van der Waals surface area contributed by atoms with E-state index in [4.69, 9.17) is 20.1 Å². The second-order valence-corrected chi connectivity index (χ2v) is 2.01. The van der Waals surface area contributed by atoms with Crippen molar-refractivity contribution in [3.05, 3.63) is 0 Å². The van der Waals surface area contributed by atoms with Crippen molar-refractivity contribution >= 4 is 55.6 Å². The molecule has 0 saturated heterocycles. The number of carboxylic acids is 3. The molecule has 82 valence electrons. The van der Waals surface area contributed by atoms with Crippen molar-refractivity contribution in [1.29, 1.82) is 0 Å². The van der Waals surface area contributed by atoms with Gasteiger partial charge in [0.15, 0.2) is 0 Å². The minimum atomic E-state index is -1.90. The molecular weight excluding hydrogens is 238 g/mol. The summed E-state index contributed by atoms with van der Waals surface area (Å²) in [6.45, 7) is -0.389. The van der Waals surface area contributed by atoms with E-state index >= 15 is 0 Å². The Hall–Kier alpha value is -0.410. The fourth-order valence-corrected chi connectivity index (χ4v) is 0.249. The van der Waals surface area contributed by atoms with Crippen molar-refractivity contribution in [3.8, 4) is 0 Å². The summed E-state index contributed by atoms with van der Waals surface area (Å²) in [5.41, 5.74) is 4.51. The Morgan fingerprint density at radius 3 is 1.67 bits per heavy atom. The number of aliphatic hydroxyl groups excluding tert-OH is 1. The molecule has 0 bridgehead atoms. The van der Waals surface area contributed by atoms with E-state index in [9.17, 15) is 14.7 Å². The topological polar surface area (TPSA) is 164 Å². The van der Waals surface area contributed by atoms with Gasteiger partial charge >= 0.3 is 43.7 Å². The van der Waals surface area contributed by atoms with Crippen LogP contribution in [-0.2, 0) is 14.4 Å². The summed E-state index contributed by atoms with van der Waals surface area (Å²) in [6.07, 6.45) is -2.72. The molecule has 15 heavy (non-hydrogen) atoms. The van der Waals surface area contributed by atoms with Gasteiger partial charge in [-0.25, -0.2) is 0 Å². The molecule has 0 saturated carbocycles. The van der Waals surface area contributed by atoms with Crippen LogP contribution >= 0.6 is 0 Å². The van der Waals surface area contributed by atoms with Crippen LogP contribution < -0.4 is 15.9 Å². The summed E-state index contributed by atoms with van der Waals surface area (Å²) in [6, 6.07) is 0. The van der Waals surface area contributed by atoms with Gasteiger partial charge in [-0.2, -0.15) is 0 Å². The maximum Gasteiger partial charge on any atom is 2.00 e. The predicted octanol–water partition coefficient (Wildman–Crippen LogP) is -5.11. The van der Waals surface area contributed by atoms with Crippen molar-refractivity contribution in [2.75, 3.05) is 6.54 Å². The SMILES string of the molecule is NCC(=O)[O-].O=C(O)CC(O)C(=O)[O-].[Ca+2]. The number of aliphatic carboxylic acids is 3. The van der Waals surface area contributed by atoms with Gasteiger partial charge in [-0.05, 0) is 0 Å². The minimum Gasteiger partial charge on any atom is -0.549 e. The quantitative estimate of drug-likeness (QED) is 0.415. The van der Waals surface area contributed by atoms with Crippen molar-refractivity contribution in [1.82, 2.24) is 0 Å². The molecule has 0 aliphatic carbocycles. The summed E-state index contributed by atoms with van der Waals surface area (Å²) in [5, 5.41) is 34.9. The van der Waals surface area contributed by atoms with Gasteiger partial charge in [0.25, 0.3) is 0 Å². The standard InChI is InChI=1S/C4H6O5.C2H5NO2.Ca/c5-2(4(8)9)1-3(6)7;3-1-2(4)5;/h2,5H,1H2,(H,6,7)(H,8,9);1,3H2,(H,4,5);/q;;+2/p-2. The minimum absolute atomic E-state index is 0. The van der Waals surface area contributed by atoms with E-state index in [1.807, 2.05) is 0 Å². The van der Waals surface area contributed by atoms with E-state index in [1.54, 1.807) is 0 Å². The van der Waals surface area contributed by atoms with Gasteiger partial charge in [0.05, 0.1) is 18.4 Å². The molecule has 0 aliphatic rings. The molecule has 0 aromatic rings. The van der Waals surface area contributed by atoms with Crippen LogP contribution in [0.2, 0.25) is 0 Å². The molecule has 0 heterocycles. The van der Waals surface area contributed by atoms with E-state index in [0.717, 1.165) is 0 Å². The molecule has 0 fully saturated rings. The molecular formula is C6H9CaNO7. The summed E-state index contributed by atoms with van der Waals surface area (Å²) < 4.78 is 0. The molecule has 1 atom stereocenters. The van der Waals surface area contributed by atoms with E-state index in [0.29, 0.717) is 0 Å². The monoisotopic (exact) mass is 247 g/mol. The number of nitrogens with two attached hydrogens (primary N) is 1. The number of aliphatic hydroxyl groups is 1. The third-order valence-corrected chi connectivity index (χ3v) is 0.807. The van der Waals surface area contributed by atoms with Gasteiger partial charge < -0.3 is 35.7 Å².